The summed E-state index contributed by atoms with van der Waals surface area (Å²) in [4.78, 5) is 29.4. The summed E-state index contributed by atoms with van der Waals surface area (Å²) < 4.78 is 40.5. The van der Waals surface area contributed by atoms with Crippen LogP contribution in [0.5, 0.6) is 0 Å². The number of alkyl halides is 3. The van der Waals surface area contributed by atoms with Crippen molar-refractivity contribution in [2.24, 2.45) is 5.92 Å². The summed E-state index contributed by atoms with van der Waals surface area (Å²) in [5, 5.41) is 13.5. The largest absolute Gasteiger partial charge is 0.416 e. The third-order valence-electron chi connectivity index (χ3n) is 5.87. The normalized spacial score (nSPS) is 14.0. The van der Waals surface area contributed by atoms with Gasteiger partial charge < -0.3 is 15.4 Å². The molecule has 2 aromatic carbocycles. The molecule has 6 nitrogen and oxygen atoms in total. The fraction of sp³-hybridized carbons (Fsp3) is 0.280. The zero-order chi connectivity index (χ0) is 24.6. The van der Waals surface area contributed by atoms with Crippen molar-refractivity contribution < 1.29 is 23.1 Å². The number of aromatic nitrogens is 2. The number of fused-ring (bicyclic) bond motifs is 3. The first-order valence-corrected chi connectivity index (χ1v) is 10.8. The maximum absolute atomic E-state index is 13.5. The van der Waals surface area contributed by atoms with E-state index >= 15 is 0 Å². The highest BCUT2D eigenvalue weighted by atomic mass is 19.4. The molecule has 0 aliphatic carbocycles. The third kappa shape index (κ3) is 4.43. The number of aliphatic hydroxyl groups excluding tert-OH is 1. The molecule has 178 valence electrons. The van der Waals surface area contributed by atoms with Gasteiger partial charge in [-0.2, -0.15) is 13.2 Å². The number of benzene rings is 2. The van der Waals surface area contributed by atoms with Gasteiger partial charge in [0.2, 0.25) is 5.91 Å². The van der Waals surface area contributed by atoms with E-state index in [4.69, 9.17) is 0 Å². The van der Waals surface area contributed by atoms with Gasteiger partial charge in [0, 0.05) is 16.3 Å². The van der Waals surface area contributed by atoms with Gasteiger partial charge >= 0.3 is 6.18 Å². The van der Waals surface area contributed by atoms with Crippen molar-refractivity contribution in [1.82, 2.24) is 14.9 Å². The van der Waals surface area contributed by atoms with E-state index in [1.807, 2.05) is 30.3 Å². The topological polar surface area (TPSA) is 87.1 Å². The summed E-state index contributed by atoms with van der Waals surface area (Å²) >= 11 is 0. The average Bonchev–Trinajstić information content (AvgIpc) is 3.17. The standard InChI is InChI=1S/C25H24F3N3O3/c1-14(2)21(23(33)25(26,27)28)30-20(32)13-31-19(15-8-4-3-5-9-15)12-17-16-10-6-7-11-18(16)29-22(17)24(31)34/h3-12,14,21,23,29,33H,13H2,1-2H3,(H,30,32). The molecule has 0 saturated carbocycles. The molecule has 2 unspecified atom stereocenters. The number of hydrogen-bond donors (Lipinski definition) is 3. The Bertz CT molecular complexity index is 1390. The molecule has 0 radical (unpaired) electrons. The number of carbonyl (C=O) groups excluding carboxylic acids is 1. The van der Waals surface area contributed by atoms with Crippen LogP contribution in [0.4, 0.5) is 13.2 Å². The van der Waals surface area contributed by atoms with Crippen LogP contribution in [0.2, 0.25) is 0 Å². The van der Waals surface area contributed by atoms with Crippen molar-refractivity contribution in [3.63, 3.8) is 0 Å². The predicted octanol–water partition coefficient (Wildman–Crippen LogP) is 4.21. The van der Waals surface area contributed by atoms with Crippen molar-refractivity contribution in [3.8, 4) is 11.3 Å². The van der Waals surface area contributed by atoms with Crippen LogP contribution in [0.1, 0.15) is 13.8 Å². The van der Waals surface area contributed by atoms with Gasteiger partial charge in [0.05, 0.1) is 11.7 Å². The van der Waals surface area contributed by atoms with Crippen LogP contribution in [-0.2, 0) is 11.3 Å². The van der Waals surface area contributed by atoms with Crippen LogP contribution in [0.25, 0.3) is 33.1 Å². The highest BCUT2D eigenvalue weighted by Crippen LogP contribution is 2.28. The number of pyridine rings is 1. The number of rotatable bonds is 6. The molecule has 0 aliphatic heterocycles. The maximum Gasteiger partial charge on any atom is 0.416 e. The van der Waals surface area contributed by atoms with Crippen LogP contribution in [0.15, 0.2) is 65.5 Å². The fourth-order valence-electron chi connectivity index (χ4n) is 4.14. The molecule has 2 heterocycles. The number of aliphatic hydroxyl groups is 1. The number of H-pyrrole nitrogens is 1. The Morgan fingerprint density at radius 2 is 1.71 bits per heavy atom. The Balaban J connectivity index is 1.80. The van der Waals surface area contributed by atoms with Gasteiger partial charge in [-0.3, -0.25) is 14.2 Å². The van der Waals surface area contributed by atoms with E-state index in [1.54, 1.807) is 30.3 Å². The molecular formula is C25H24F3N3O3. The van der Waals surface area contributed by atoms with E-state index in [2.05, 4.69) is 10.3 Å². The van der Waals surface area contributed by atoms with Crippen molar-refractivity contribution in [2.75, 3.05) is 0 Å². The second-order valence-corrected chi connectivity index (χ2v) is 8.57. The number of aromatic amines is 1. The Morgan fingerprint density at radius 1 is 1.06 bits per heavy atom. The molecule has 34 heavy (non-hydrogen) atoms. The van der Waals surface area contributed by atoms with E-state index in [1.165, 1.54) is 18.4 Å². The quantitative estimate of drug-likeness (QED) is 0.394. The molecule has 0 spiro atoms. The first kappa shape index (κ1) is 23.6. The predicted molar refractivity (Wildman–Crippen MR) is 124 cm³/mol. The van der Waals surface area contributed by atoms with Gasteiger partial charge in [0.25, 0.3) is 5.56 Å². The van der Waals surface area contributed by atoms with Gasteiger partial charge in [-0.15, -0.1) is 0 Å². The minimum Gasteiger partial charge on any atom is -0.382 e. The maximum atomic E-state index is 13.5. The minimum atomic E-state index is -4.89. The number of amides is 1. The van der Waals surface area contributed by atoms with Gasteiger partial charge in [-0.05, 0) is 23.6 Å². The lowest BCUT2D eigenvalue weighted by Crippen LogP contribution is -2.53. The summed E-state index contributed by atoms with van der Waals surface area (Å²) in [6, 6.07) is 16.6. The molecule has 4 aromatic rings. The number of carbonyl (C=O) groups is 1. The molecule has 2 aromatic heterocycles. The summed E-state index contributed by atoms with van der Waals surface area (Å²) in [6.45, 7) is 2.43. The lowest BCUT2D eigenvalue weighted by atomic mass is 9.98. The molecule has 3 N–H and O–H groups in total. The van der Waals surface area contributed by atoms with E-state index < -0.39 is 42.3 Å². The molecule has 9 heteroatoms. The molecule has 4 rings (SSSR count). The minimum absolute atomic E-state index is 0.296. The van der Waals surface area contributed by atoms with Crippen LogP contribution < -0.4 is 10.9 Å². The van der Waals surface area contributed by atoms with Crippen molar-refractivity contribution in [1.29, 1.82) is 0 Å². The highest BCUT2D eigenvalue weighted by molar-refractivity contribution is 6.08. The Kier molecular flexibility index (Phi) is 6.22. The smallest absolute Gasteiger partial charge is 0.382 e. The van der Waals surface area contributed by atoms with Crippen LogP contribution in [-0.4, -0.2) is 38.9 Å². The number of hydrogen-bond acceptors (Lipinski definition) is 3. The Morgan fingerprint density at radius 3 is 2.35 bits per heavy atom. The van der Waals surface area contributed by atoms with Crippen molar-refractivity contribution >= 4 is 27.7 Å². The first-order chi connectivity index (χ1) is 16.1. The summed E-state index contributed by atoms with van der Waals surface area (Å²) in [5.41, 5.74) is 1.71. The third-order valence-corrected chi connectivity index (χ3v) is 5.87. The second-order valence-electron chi connectivity index (χ2n) is 8.57. The number of halogens is 3. The van der Waals surface area contributed by atoms with Crippen LogP contribution >= 0.6 is 0 Å². The Hall–Kier alpha value is -3.59. The van der Waals surface area contributed by atoms with Gasteiger partial charge in [0.1, 0.15) is 12.1 Å². The highest BCUT2D eigenvalue weighted by Gasteiger charge is 2.45. The zero-order valence-electron chi connectivity index (χ0n) is 18.6. The molecule has 0 aliphatic rings. The van der Waals surface area contributed by atoms with Crippen LogP contribution in [0.3, 0.4) is 0 Å². The number of para-hydroxylation sites is 1. The summed E-state index contributed by atoms with van der Waals surface area (Å²) in [5.74, 6) is -1.50. The lowest BCUT2D eigenvalue weighted by molar-refractivity contribution is -0.215. The van der Waals surface area contributed by atoms with Gasteiger partial charge in [-0.1, -0.05) is 62.4 Å². The van der Waals surface area contributed by atoms with E-state index in [0.717, 1.165) is 10.9 Å². The lowest BCUT2D eigenvalue weighted by Gasteiger charge is -2.29. The summed E-state index contributed by atoms with van der Waals surface area (Å²) in [7, 11) is 0. The molecular weight excluding hydrogens is 447 g/mol. The monoisotopic (exact) mass is 471 g/mol. The zero-order valence-corrected chi connectivity index (χ0v) is 18.6. The van der Waals surface area contributed by atoms with E-state index in [0.29, 0.717) is 22.2 Å². The fourth-order valence-corrected chi connectivity index (χ4v) is 4.14. The Labute approximate surface area is 193 Å². The van der Waals surface area contributed by atoms with E-state index in [-0.39, 0.29) is 0 Å². The first-order valence-electron chi connectivity index (χ1n) is 10.8. The van der Waals surface area contributed by atoms with Gasteiger partial charge in [-0.25, -0.2) is 0 Å². The van der Waals surface area contributed by atoms with Crippen molar-refractivity contribution in [3.05, 3.63) is 71.0 Å². The van der Waals surface area contributed by atoms with Crippen molar-refractivity contribution in [2.45, 2.75) is 38.7 Å². The summed E-state index contributed by atoms with van der Waals surface area (Å²) in [6.07, 6.45) is -7.62. The molecule has 0 fully saturated rings. The SMILES string of the molecule is CC(C)C(NC(=O)Cn1c(-c2ccccc2)cc2c([nH]c3ccccc32)c1=O)C(O)C(F)(F)F. The second kappa shape index (κ2) is 8.98. The van der Waals surface area contributed by atoms with Gasteiger partial charge in [0.15, 0.2) is 6.10 Å². The molecule has 2 atom stereocenters. The molecule has 1 amide bonds. The van der Waals surface area contributed by atoms with Crippen LogP contribution in [0, 0.1) is 5.92 Å². The van der Waals surface area contributed by atoms with E-state index in [9.17, 15) is 27.9 Å². The number of nitrogens with one attached hydrogen (secondary N) is 2. The molecule has 0 bridgehead atoms. The number of nitrogens with zero attached hydrogens (tertiary/aromatic N) is 1. The average molecular weight is 471 g/mol. The molecule has 0 saturated heterocycles.